The Labute approximate surface area is 296 Å². The Kier molecular flexibility index (Phi) is 10.7. The number of amides is 2. The predicted molar refractivity (Wildman–Crippen MR) is 182 cm³/mol. The highest BCUT2D eigenvalue weighted by molar-refractivity contribution is 5.78. The number of carboxylic acid groups (broad SMARTS) is 2. The van der Waals surface area contributed by atoms with Crippen LogP contribution in [0.4, 0.5) is 9.59 Å². The van der Waals surface area contributed by atoms with Gasteiger partial charge >= 0.3 is 29.8 Å². The summed E-state index contributed by atoms with van der Waals surface area (Å²) >= 11 is 0. The maximum atomic E-state index is 14.1. The quantitative estimate of drug-likeness (QED) is 0.235. The van der Waals surface area contributed by atoms with E-state index in [0.717, 1.165) is 26.6 Å². The number of aryl methyl sites for hydroxylation is 1. The summed E-state index contributed by atoms with van der Waals surface area (Å²) in [7, 11) is 1.31. The van der Waals surface area contributed by atoms with Crippen molar-refractivity contribution in [2.24, 2.45) is 7.05 Å². The summed E-state index contributed by atoms with van der Waals surface area (Å²) in [4.78, 5) is 88.6. The number of piperazine rings is 2. The van der Waals surface area contributed by atoms with Crippen LogP contribution in [0.3, 0.4) is 0 Å². The van der Waals surface area contributed by atoms with Crippen molar-refractivity contribution in [3.05, 3.63) is 99.0 Å². The maximum Gasteiger partial charge on any atom is 0.410 e. The molecule has 52 heavy (non-hydrogen) atoms. The fourth-order valence-electron chi connectivity index (χ4n) is 6.46. The van der Waals surface area contributed by atoms with Crippen LogP contribution in [-0.2, 0) is 39.3 Å². The van der Waals surface area contributed by atoms with E-state index in [2.05, 4.69) is 4.98 Å². The molecule has 2 aromatic heterocycles. The highest BCUT2D eigenvalue weighted by atomic mass is 16.6. The Balaban J connectivity index is 1.19. The van der Waals surface area contributed by atoms with E-state index < -0.39 is 47.7 Å². The lowest BCUT2D eigenvalue weighted by molar-refractivity contribution is -0.149. The number of imidazole rings is 1. The summed E-state index contributed by atoms with van der Waals surface area (Å²) in [6.45, 7) is 0.765. The minimum absolute atomic E-state index is 0.000108. The van der Waals surface area contributed by atoms with Gasteiger partial charge in [0.25, 0.3) is 5.56 Å². The lowest BCUT2D eigenvalue weighted by Gasteiger charge is -2.38. The zero-order valence-electron chi connectivity index (χ0n) is 28.3. The van der Waals surface area contributed by atoms with Gasteiger partial charge in [-0.1, -0.05) is 60.7 Å². The normalized spacial score (nSPS) is 16.7. The number of benzene rings is 2. The van der Waals surface area contributed by atoms with Crippen molar-refractivity contribution in [3.63, 3.8) is 0 Å². The Morgan fingerprint density at radius 2 is 1.13 bits per heavy atom. The van der Waals surface area contributed by atoms with E-state index in [0.29, 0.717) is 4.57 Å². The number of carbonyl (C=O) groups excluding carboxylic acids is 2. The van der Waals surface area contributed by atoms with Crippen molar-refractivity contribution in [1.82, 2.24) is 38.3 Å². The molecule has 0 aliphatic carbocycles. The molecule has 4 aromatic rings. The van der Waals surface area contributed by atoms with Crippen molar-refractivity contribution < 1.29 is 38.9 Å². The number of rotatable bonds is 10. The molecule has 2 fully saturated rings. The summed E-state index contributed by atoms with van der Waals surface area (Å²) < 4.78 is 13.5. The molecular weight excluding hydrogens is 680 g/mol. The van der Waals surface area contributed by atoms with Crippen LogP contribution in [0, 0.1) is 0 Å². The van der Waals surface area contributed by atoms with Crippen LogP contribution in [0.1, 0.15) is 23.5 Å². The molecule has 18 nitrogen and oxygen atoms in total. The maximum absolute atomic E-state index is 14.1. The molecule has 0 saturated carbocycles. The molecule has 2 N–H and O–H groups in total. The monoisotopic (exact) mass is 718 g/mol. The van der Waals surface area contributed by atoms with Gasteiger partial charge in [0, 0.05) is 59.4 Å². The molecule has 2 unspecified atom stereocenters. The molecule has 2 aliphatic rings. The number of carboxylic acids is 2. The van der Waals surface area contributed by atoms with Gasteiger partial charge in [-0.3, -0.25) is 23.7 Å². The van der Waals surface area contributed by atoms with E-state index in [1.54, 1.807) is 4.90 Å². The Bertz CT molecular complexity index is 2050. The van der Waals surface area contributed by atoms with Crippen molar-refractivity contribution in [3.8, 4) is 0 Å². The van der Waals surface area contributed by atoms with E-state index >= 15 is 0 Å². The first kappa shape index (κ1) is 35.8. The molecular formula is C34H38N8O10. The molecule has 0 radical (unpaired) electrons. The summed E-state index contributed by atoms with van der Waals surface area (Å²) in [6, 6.07) is 18.3. The number of aliphatic carboxylic acids is 2. The SMILES string of the molecule is Cn1c(=O)n(C(C(=O)O)N2CCN(C(=O)OCc3ccccc3)CC2)c(=O)c2c1ncn2C(C(=O)O)N1CCN(C(=O)OCc2ccccc2)CC1. The minimum atomic E-state index is -1.77. The average molecular weight is 719 g/mol. The van der Waals surface area contributed by atoms with Gasteiger partial charge in [0.05, 0.1) is 6.33 Å². The number of hydrogen-bond acceptors (Lipinski definition) is 11. The number of nitrogens with zero attached hydrogens (tertiary/aromatic N) is 8. The van der Waals surface area contributed by atoms with E-state index in [-0.39, 0.29) is 76.7 Å². The van der Waals surface area contributed by atoms with Gasteiger partial charge in [0.1, 0.15) is 13.2 Å². The largest absolute Gasteiger partial charge is 0.479 e. The van der Waals surface area contributed by atoms with E-state index in [4.69, 9.17) is 9.47 Å². The molecule has 2 saturated heterocycles. The second-order valence-corrected chi connectivity index (χ2v) is 12.4. The number of fused-ring (bicyclic) bond motifs is 1. The number of hydrogen-bond donors (Lipinski definition) is 2. The van der Waals surface area contributed by atoms with Crippen LogP contribution < -0.4 is 11.2 Å². The third-order valence-corrected chi connectivity index (χ3v) is 9.20. The van der Waals surface area contributed by atoms with Gasteiger partial charge in [-0.05, 0) is 11.1 Å². The first-order chi connectivity index (χ1) is 25.0. The topological polar surface area (TPSA) is 202 Å². The zero-order valence-corrected chi connectivity index (χ0v) is 28.3. The first-order valence-corrected chi connectivity index (χ1v) is 16.6. The standard InChI is InChI=1S/C34H38N8O10/c1-36-26-25(41(22-35-26)27(30(44)45)37-12-16-39(17-13-37)33(49)51-20-23-8-4-2-5-9-23)29(43)42(32(36)48)28(31(46)47)38-14-18-40(19-15-38)34(50)52-21-24-10-6-3-7-11-24/h2-11,22,27-28H,12-21H2,1H3,(H,44,45)(H,46,47). The van der Waals surface area contributed by atoms with Gasteiger partial charge in [-0.25, -0.2) is 33.5 Å². The summed E-state index contributed by atoms with van der Waals surface area (Å²) in [5.74, 6) is -2.82. The third-order valence-electron chi connectivity index (χ3n) is 9.20. The van der Waals surface area contributed by atoms with Crippen molar-refractivity contribution in [2.75, 3.05) is 52.4 Å². The van der Waals surface area contributed by atoms with E-state index in [1.807, 2.05) is 60.7 Å². The van der Waals surface area contributed by atoms with Crippen LogP contribution >= 0.6 is 0 Å². The van der Waals surface area contributed by atoms with Crippen molar-refractivity contribution in [2.45, 2.75) is 25.5 Å². The van der Waals surface area contributed by atoms with Gasteiger partial charge < -0.3 is 29.5 Å². The highest BCUT2D eigenvalue weighted by Gasteiger charge is 2.38. The highest BCUT2D eigenvalue weighted by Crippen LogP contribution is 2.22. The summed E-state index contributed by atoms with van der Waals surface area (Å²) in [5.41, 5.74) is -0.795. The smallest absolute Gasteiger partial charge is 0.410 e. The molecule has 6 rings (SSSR count). The lowest BCUT2D eigenvalue weighted by atomic mass is 10.2. The first-order valence-electron chi connectivity index (χ1n) is 16.6. The number of aromatic nitrogens is 4. The molecule has 274 valence electrons. The number of ether oxygens (including phenoxy) is 2. The summed E-state index contributed by atoms with van der Waals surface area (Å²) in [6.07, 6.45) is -3.25. The van der Waals surface area contributed by atoms with Gasteiger partial charge in [-0.15, -0.1) is 0 Å². The van der Waals surface area contributed by atoms with Crippen LogP contribution in [0.15, 0.2) is 76.6 Å². The second-order valence-electron chi connectivity index (χ2n) is 12.4. The van der Waals surface area contributed by atoms with Crippen molar-refractivity contribution >= 4 is 35.3 Å². The molecule has 0 bridgehead atoms. The number of carbonyl (C=O) groups is 4. The van der Waals surface area contributed by atoms with Crippen molar-refractivity contribution in [1.29, 1.82) is 0 Å². The predicted octanol–water partition coefficient (Wildman–Crippen LogP) is 0.972. The van der Waals surface area contributed by atoms with Gasteiger partial charge in [0.2, 0.25) is 0 Å². The molecule has 2 aromatic carbocycles. The lowest BCUT2D eigenvalue weighted by Crippen LogP contribution is -2.56. The van der Waals surface area contributed by atoms with Crippen LogP contribution in [0.25, 0.3) is 11.2 Å². The molecule has 2 atom stereocenters. The molecule has 18 heteroatoms. The molecule has 2 aliphatic heterocycles. The molecule has 4 heterocycles. The van der Waals surface area contributed by atoms with E-state index in [1.165, 1.54) is 21.7 Å². The molecule has 0 spiro atoms. The van der Waals surface area contributed by atoms with Crippen LogP contribution in [0.5, 0.6) is 0 Å². The van der Waals surface area contributed by atoms with Crippen LogP contribution in [0.2, 0.25) is 0 Å². The van der Waals surface area contributed by atoms with Crippen LogP contribution in [-0.4, -0.2) is 125 Å². The fraction of sp³-hybridized carbons (Fsp3) is 0.382. The summed E-state index contributed by atoms with van der Waals surface area (Å²) in [5, 5.41) is 20.7. The Hall–Kier alpha value is -6.01. The van der Waals surface area contributed by atoms with Gasteiger partial charge in [-0.2, -0.15) is 0 Å². The minimum Gasteiger partial charge on any atom is -0.479 e. The third kappa shape index (κ3) is 7.38. The zero-order chi connectivity index (χ0) is 36.9. The fourth-order valence-corrected chi connectivity index (χ4v) is 6.46. The Morgan fingerprint density at radius 1 is 0.692 bits per heavy atom. The van der Waals surface area contributed by atoms with Gasteiger partial charge in [0.15, 0.2) is 23.5 Å². The van der Waals surface area contributed by atoms with E-state index in [9.17, 15) is 39.0 Å². The molecule has 2 amide bonds. The Morgan fingerprint density at radius 3 is 1.58 bits per heavy atom. The average Bonchev–Trinajstić information content (AvgIpc) is 3.59. The second kappa shape index (κ2) is 15.5.